The lowest BCUT2D eigenvalue weighted by molar-refractivity contribution is -0.154. The van der Waals surface area contributed by atoms with Gasteiger partial charge in [0.05, 0.1) is 0 Å². The summed E-state index contributed by atoms with van der Waals surface area (Å²) < 4.78 is 5.43. The summed E-state index contributed by atoms with van der Waals surface area (Å²) in [6, 6.07) is 0. The van der Waals surface area contributed by atoms with Crippen LogP contribution >= 0.6 is 0 Å². The molecule has 0 aromatic rings. The standard InChI is InChI=1S/C15H26O2/c1-11-6-8-13(9-7-11)12(2)10-14-4-3-5-15(16)17-14/h11-14H,3-10H2,1-2H3. The number of ether oxygens (including phenoxy) is 1. The van der Waals surface area contributed by atoms with Crippen LogP contribution in [0.5, 0.6) is 0 Å². The lowest BCUT2D eigenvalue weighted by atomic mass is 9.75. The van der Waals surface area contributed by atoms with Gasteiger partial charge in [0, 0.05) is 6.42 Å². The van der Waals surface area contributed by atoms with Gasteiger partial charge in [-0.25, -0.2) is 0 Å². The zero-order chi connectivity index (χ0) is 12.3. The first-order valence-electron chi connectivity index (χ1n) is 7.34. The molecule has 0 aromatic carbocycles. The Morgan fingerprint density at radius 2 is 1.94 bits per heavy atom. The minimum Gasteiger partial charge on any atom is -0.462 e. The summed E-state index contributed by atoms with van der Waals surface area (Å²) >= 11 is 0. The van der Waals surface area contributed by atoms with E-state index < -0.39 is 0 Å². The molecule has 2 rings (SSSR count). The molecule has 0 spiro atoms. The van der Waals surface area contributed by atoms with E-state index in [0.717, 1.165) is 37.0 Å². The van der Waals surface area contributed by atoms with Gasteiger partial charge in [-0.15, -0.1) is 0 Å². The monoisotopic (exact) mass is 238 g/mol. The summed E-state index contributed by atoms with van der Waals surface area (Å²) in [6.45, 7) is 4.72. The van der Waals surface area contributed by atoms with Crippen LogP contribution in [0.25, 0.3) is 0 Å². The number of hydrogen-bond acceptors (Lipinski definition) is 2. The third-order valence-electron chi connectivity index (χ3n) is 4.71. The minimum absolute atomic E-state index is 0.0192. The first-order chi connectivity index (χ1) is 8.15. The summed E-state index contributed by atoms with van der Waals surface area (Å²) in [6.07, 6.45) is 9.57. The van der Waals surface area contributed by atoms with Gasteiger partial charge in [0.1, 0.15) is 6.10 Å². The van der Waals surface area contributed by atoms with Crippen LogP contribution < -0.4 is 0 Å². The van der Waals surface area contributed by atoms with E-state index in [4.69, 9.17) is 4.74 Å². The molecule has 0 aromatic heterocycles. The van der Waals surface area contributed by atoms with Crippen molar-refractivity contribution in [1.82, 2.24) is 0 Å². The average Bonchev–Trinajstić information content (AvgIpc) is 2.29. The summed E-state index contributed by atoms with van der Waals surface area (Å²) in [5.41, 5.74) is 0. The molecular weight excluding hydrogens is 212 g/mol. The highest BCUT2D eigenvalue weighted by Gasteiger charge is 2.28. The van der Waals surface area contributed by atoms with Crippen LogP contribution in [0.4, 0.5) is 0 Å². The number of rotatable bonds is 3. The second-order valence-corrected chi connectivity index (χ2v) is 6.24. The quantitative estimate of drug-likeness (QED) is 0.696. The Labute approximate surface area is 105 Å². The second-order valence-electron chi connectivity index (χ2n) is 6.24. The molecule has 98 valence electrons. The summed E-state index contributed by atoms with van der Waals surface area (Å²) in [4.78, 5) is 11.3. The number of carbonyl (C=O) groups excluding carboxylic acids is 1. The SMILES string of the molecule is CC1CCC(C(C)CC2CCCC(=O)O2)CC1. The first kappa shape index (κ1) is 12.9. The highest BCUT2D eigenvalue weighted by atomic mass is 16.5. The maximum atomic E-state index is 11.3. The fourth-order valence-corrected chi connectivity index (χ4v) is 3.41. The van der Waals surface area contributed by atoms with E-state index >= 15 is 0 Å². The molecule has 1 saturated heterocycles. The molecule has 2 unspecified atom stereocenters. The third-order valence-corrected chi connectivity index (χ3v) is 4.71. The number of carbonyl (C=O) groups is 1. The Bertz CT molecular complexity index is 254. The van der Waals surface area contributed by atoms with Gasteiger partial charge < -0.3 is 4.74 Å². The lowest BCUT2D eigenvalue weighted by Crippen LogP contribution is -2.28. The zero-order valence-corrected chi connectivity index (χ0v) is 11.3. The number of esters is 1. The van der Waals surface area contributed by atoms with Crippen molar-refractivity contribution in [2.75, 3.05) is 0 Å². The summed E-state index contributed by atoms with van der Waals surface area (Å²) in [7, 11) is 0. The van der Waals surface area contributed by atoms with Gasteiger partial charge in [-0.05, 0) is 49.9 Å². The van der Waals surface area contributed by atoms with Crippen LogP contribution in [0.3, 0.4) is 0 Å². The van der Waals surface area contributed by atoms with E-state index in [1.54, 1.807) is 0 Å². The maximum Gasteiger partial charge on any atom is 0.306 e. The normalized spacial score (nSPS) is 36.4. The van der Waals surface area contributed by atoms with Crippen LogP contribution in [0, 0.1) is 17.8 Å². The van der Waals surface area contributed by atoms with Gasteiger partial charge in [-0.2, -0.15) is 0 Å². The van der Waals surface area contributed by atoms with Gasteiger partial charge in [0.2, 0.25) is 0 Å². The maximum absolute atomic E-state index is 11.3. The van der Waals surface area contributed by atoms with Gasteiger partial charge in [0.15, 0.2) is 0 Å². The van der Waals surface area contributed by atoms with Crippen molar-refractivity contribution in [3.63, 3.8) is 0 Å². The summed E-state index contributed by atoms with van der Waals surface area (Å²) in [5, 5.41) is 0. The molecule has 2 atom stereocenters. The van der Waals surface area contributed by atoms with Crippen LogP contribution in [0.15, 0.2) is 0 Å². The van der Waals surface area contributed by atoms with E-state index in [9.17, 15) is 4.79 Å². The Morgan fingerprint density at radius 3 is 2.59 bits per heavy atom. The molecule has 0 radical (unpaired) electrons. The van der Waals surface area contributed by atoms with Crippen molar-refractivity contribution >= 4 is 5.97 Å². The molecular formula is C15H26O2. The fourth-order valence-electron chi connectivity index (χ4n) is 3.41. The molecule has 2 heteroatoms. The topological polar surface area (TPSA) is 26.3 Å². The molecule has 2 fully saturated rings. The van der Waals surface area contributed by atoms with E-state index in [0.29, 0.717) is 6.42 Å². The van der Waals surface area contributed by atoms with Crippen LogP contribution in [-0.2, 0) is 9.53 Å². The zero-order valence-electron chi connectivity index (χ0n) is 11.3. The smallest absolute Gasteiger partial charge is 0.306 e. The Kier molecular flexibility index (Phi) is 4.47. The summed E-state index contributed by atoms with van der Waals surface area (Å²) in [5.74, 6) is 2.53. The molecule has 1 saturated carbocycles. The van der Waals surface area contributed by atoms with E-state index in [-0.39, 0.29) is 12.1 Å². The molecule has 0 bridgehead atoms. The molecule has 0 amide bonds. The molecule has 17 heavy (non-hydrogen) atoms. The molecule has 1 aliphatic heterocycles. The van der Waals surface area contributed by atoms with Crippen molar-refractivity contribution in [1.29, 1.82) is 0 Å². The van der Waals surface area contributed by atoms with Gasteiger partial charge in [-0.3, -0.25) is 4.79 Å². The minimum atomic E-state index is 0.0192. The van der Waals surface area contributed by atoms with Gasteiger partial charge in [0.25, 0.3) is 0 Å². The predicted molar refractivity (Wildman–Crippen MR) is 68.6 cm³/mol. The van der Waals surface area contributed by atoms with E-state index in [1.807, 2.05) is 0 Å². The highest BCUT2D eigenvalue weighted by molar-refractivity contribution is 5.70. The number of cyclic esters (lactones) is 1. The van der Waals surface area contributed by atoms with Crippen molar-refractivity contribution in [2.45, 2.75) is 71.3 Å². The van der Waals surface area contributed by atoms with Crippen LogP contribution in [0.2, 0.25) is 0 Å². The second kappa shape index (κ2) is 5.88. The van der Waals surface area contributed by atoms with E-state index in [2.05, 4.69) is 13.8 Å². The Morgan fingerprint density at radius 1 is 1.24 bits per heavy atom. The van der Waals surface area contributed by atoms with Crippen LogP contribution in [-0.4, -0.2) is 12.1 Å². The molecule has 2 aliphatic rings. The first-order valence-corrected chi connectivity index (χ1v) is 7.34. The fraction of sp³-hybridized carbons (Fsp3) is 0.933. The van der Waals surface area contributed by atoms with Crippen molar-refractivity contribution < 1.29 is 9.53 Å². The number of hydrogen-bond donors (Lipinski definition) is 0. The Hall–Kier alpha value is -0.530. The van der Waals surface area contributed by atoms with Crippen molar-refractivity contribution in [3.05, 3.63) is 0 Å². The largest absolute Gasteiger partial charge is 0.462 e. The molecule has 0 N–H and O–H groups in total. The van der Waals surface area contributed by atoms with Crippen molar-refractivity contribution in [2.24, 2.45) is 17.8 Å². The molecule has 2 nitrogen and oxygen atoms in total. The highest BCUT2D eigenvalue weighted by Crippen LogP contribution is 2.36. The molecule has 1 aliphatic carbocycles. The van der Waals surface area contributed by atoms with Gasteiger partial charge in [-0.1, -0.05) is 26.7 Å². The van der Waals surface area contributed by atoms with Gasteiger partial charge >= 0.3 is 5.97 Å². The van der Waals surface area contributed by atoms with E-state index in [1.165, 1.54) is 25.7 Å². The van der Waals surface area contributed by atoms with Crippen molar-refractivity contribution in [3.8, 4) is 0 Å². The lowest BCUT2D eigenvalue weighted by Gasteiger charge is -2.33. The predicted octanol–water partition coefficient (Wildman–Crippen LogP) is 3.93. The average molecular weight is 238 g/mol. The van der Waals surface area contributed by atoms with Crippen LogP contribution in [0.1, 0.15) is 65.2 Å². The third kappa shape index (κ3) is 3.72. The Balaban J connectivity index is 1.76. The molecule has 1 heterocycles.